The number of ketones is 1. The zero-order valence-electron chi connectivity index (χ0n) is 14.2. The molecule has 0 atom stereocenters. The molecule has 0 saturated carbocycles. The molecule has 2 N–H and O–H groups in total. The molecule has 0 aliphatic rings. The van der Waals surface area contributed by atoms with Crippen LogP contribution in [0.2, 0.25) is 0 Å². The summed E-state index contributed by atoms with van der Waals surface area (Å²) >= 11 is 0. The van der Waals surface area contributed by atoms with Gasteiger partial charge >= 0.3 is 0 Å². The zero-order valence-corrected chi connectivity index (χ0v) is 14.2. The minimum absolute atomic E-state index is 0.00520. The van der Waals surface area contributed by atoms with E-state index in [9.17, 15) is 9.59 Å². The first-order valence-electron chi connectivity index (χ1n) is 8.02. The number of aryl methyl sites for hydroxylation is 1. The van der Waals surface area contributed by atoms with Gasteiger partial charge < -0.3 is 10.6 Å². The van der Waals surface area contributed by atoms with E-state index in [-0.39, 0.29) is 18.2 Å². The van der Waals surface area contributed by atoms with Crippen LogP contribution in [0.1, 0.15) is 22.8 Å². The molecule has 0 aliphatic carbocycles. The molecule has 1 amide bonds. The zero-order chi connectivity index (χ0) is 17.8. The lowest BCUT2D eigenvalue weighted by Gasteiger charge is -2.12. The molecule has 0 spiro atoms. The number of carbonyl (C=O) groups is 2. The summed E-state index contributed by atoms with van der Waals surface area (Å²) in [6.45, 7) is 3.61. The van der Waals surface area contributed by atoms with E-state index in [2.05, 4.69) is 15.6 Å². The van der Waals surface area contributed by atoms with Gasteiger partial charge in [-0.1, -0.05) is 18.2 Å². The van der Waals surface area contributed by atoms with Crippen LogP contribution in [0.3, 0.4) is 0 Å². The average Bonchev–Trinajstić information content (AvgIpc) is 2.63. The van der Waals surface area contributed by atoms with E-state index in [1.54, 1.807) is 30.6 Å². The van der Waals surface area contributed by atoms with E-state index < -0.39 is 0 Å². The van der Waals surface area contributed by atoms with Crippen LogP contribution in [0.15, 0.2) is 54.9 Å². The maximum Gasteiger partial charge on any atom is 0.243 e. The standard InChI is InChI=1S/C20H19N3O2/c1-13-18-8-9-21-11-16(18)6-7-19(13)23-20(25)12-22-17-5-3-4-15(10-17)14(2)24/h3-11,22H,12H2,1-2H3,(H,23,25). The second-order valence-corrected chi connectivity index (χ2v) is 5.87. The van der Waals surface area contributed by atoms with Crippen molar-refractivity contribution in [3.8, 4) is 0 Å². The summed E-state index contributed by atoms with van der Waals surface area (Å²) in [6.07, 6.45) is 3.54. The third kappa shape index (κ3) is 3.83. The molecule has 5 heteroatoms. The van der Waals surface area contributed by atoms with Gasteiger partial charge in [0.2, 0.25) is 5.91 Å². The van der Waals surface area contributed by atoms with E-state index in [0.717, 1.165) is 27.7 Å². The molecule has 5 nitrogen and oxygen atoms in total. The molecule has 1 aromatic heterocycles. The molecule has 0 unspecified atom stereocenters. The van der Waals surface area contributed by atoms with Crippen molar-refractivity contribution < 1.29 is 9.59 Å². The van der Waals surface area contributed by atoms with Crippen LogP contribution in [-0.2, 0) is 4.79 Å². The quantitative estimate of drug-likeness (QED) is 0.697. The molecule has 126 valence electrons. The molecule has 0 aliphatic heterocycles. The lowest BCUT2D eigenvalue weighted by Crippen LogP contribution is -2.22. The van der Waals surface area contributed by atoms with Gasteiger partial charge in [-0.3, -0.25) is 14.6 Å². The largest absolute Gasteiger partial charge is 0.376 e. The molecule has 0 saturated heterocycles. The van der Waals surface area contributed by atoms with E-state index in [0.29, 0.717) is 5.56 Å². The molecular weight excluding hydrogens is 314 g/mol. The summed E-state index contributed by atoms with van der Waals surface area (Å²) < 4.78 is 0. The average molecular weight is 333 g/mol. The van der Waals surface area contributed by atoms with Gasteiger partial charge in [0.15, 0.2) is 5.78 Å². The highest BCUT2D eigenvalue weighted by Gasteiger charge is 2.08. The van der Waals surface area contributed by atoms with Crippen molar-refractivity contribution in [2.45, 2.75) is 13.8 Å². The first kappa shape index (κ1) is 16.6. The number of amides is 1. The third-order valence-corrected chi connectivity index (χ3v) is 4.09. The highest BCUT2D eigenvalue weighted by molar-refractivity contribution is 5.99. The summed E-state index contributed by atoms with van der Waals surface area (Å²) in [5.74, 6) is -0.154. The van der Waals surface area contributed by atoms with Crippen LogP contribution in [0, 0.1) is 6.92 Å². The van der Waals surface area contributed by atoms with E-state index in [4.69, 9.17) is 0 Å². The van der Waals surface area contributed by atoms with Crippen LogP contribution in [0.4, 0.5) is 11.4 Å². The Kier molecular flexibility index (Phi) is 4.75. The predicted molar refractivity (Wildman–Crippen MR) is 100 cm³/mol. The van der Waals surface area contributed by atoms with Crippen LogP contribution in [0.5, 0.6) is 0 Å². The Bertz CT molecular complexity index is 951. The number of aromatic nitrogens is 1. The molecule has 0 bridgehead atoms. The third-order valence-electron chi connectivity index (χ3n) is 4.09. The van der Waals surface area contributed by atoms with Crippen LogP contribution < -0.4 is 10.6 Å². The Labute approximate surface area is 146 Å². The van der Waals surface area contributed by atoms with Gasteiger partial charge in [-0.05, 0) is 49.1 Å². The molecule has 1 heterocycles. The summed E-state index contributed by atoms with van der Waals surface area (Å²) in [5, 5.41) is 8.07. The number of hydrogen-bond donors (Lipinski definition) is 2. The lowest BCUT2D eigenvalue weighted by molar-refractivity contribution is -0.114. The van der Waals surface area contributed by atoms with Crippen LogP contribution in [0.25, 0.3) is 10.8 Å². The molecule has 0 fully saturated rings. The second-order valence-electron chi connectivity index (χ2n) is 5.87. The number of Topliss-reactive ketones (excluding diaryl/α,β-unsaturated/α-hetero) is 1. The lowest BCUT2D eigenvalue weighted by atomic mass is 10.1. The topological polar surface area (TPSA) is 71.1 Å². The van der Waals surface area contributed by atoms with E-state index >= 15 is 0 Å². The number of anilines is 2. The van der Waals surface area contributed by atoms with Crippen LogP contribution >= 0.6 is 0 Å². The van der Waals surface area contributed by atoms with Gasteiger partial charge in [0, 0.05) is 34.7 Å². The number of rotatable bonds is 5. The normalized spacial score (nSPS) is 10.5. The highest BCUT2D eigenvalue weighted by Crippen LogP contribution is 2.24. The van der Waals surface area contributed by atoms with Gasteiger partial charge in [-0.15, -0.1) is 0 Å². The summed E-state index contributed by atoms with van der Waals surface area (Å²) in [4.78, 5) is 27.8. The summed E-state index contributed by atoms with van der Waals surface area (Å²) in [6, 6.07) is 12.9. The molecule has 3 aromatic rings. The Morgan fingerprint density at radius 3 is 2.76 bits per heavy atom. The number of nitrogens with one attached hydrogen (secondary N) is 2. The maximum atomic E-state index is 12.2. The Morgan fingerprint density at radius 2 is 1.96 bits per heavy atom. The van der Waals surface area contributed by atoms with Crippen molar-refractivity contribution in [2.24, 2.45) is 0 Å². The Balaban J connectivity index is 1.68. The number of nitrogens with zero attached hydrogens (tertiary/aromatic N) is 1. The SMILES string of the molecule is CC(=O)c1cccc(NCC(=O)Nc2ccc3cnccc3c2C)c1. The fourth-order valence-electron chi connectivity index (χ4n) is 2.68. The first-order valence-corrected chi connectivity index (χ1v) is 8.02. The highest BCUT2D eigenvalue weighted by atomic mass is 16.2. The number of carbonyl (C=O) groups excluding carboxylic acids is 2. The fraction of sp³-hybridized carbons (Fsp3) is 0.150. The van der Waals surface area contributed by atoms with E-state index in [1.807, 2.05) is 31.2 Å². The second kappa shape index (κ2) is 7.13. The molecule has 3 rings (SSSR count). The minimum atomic E-state index is -0.148. The molecule has 0 radical (unpaired) electrons. The van der Waals surface area contributed by atoms with Gasteiger partial charge in [0.1, 0.15) is 0 Å². The number of benzene rings is 2. The minimum Gasteiger partial charge on any atom is -0.376 e. The predicted octanol–water partition coefficient (Wildman–Crippen LogP) is 3.80. The van der Waals surface area contributed by atoms with Crippen molar-refractivity contribution >= 4 is 33.8 Å². The molecule has 2 aromatic carbocycles. The van der Waals surface area contributed by atoms with Crippen molar-refractivity contribution in [3.63, 3.8) is 0 Å². The van der Waals surface area contributed by atoms with Gasteiger partial charge in [-0.25, -0.2) is 0 Å². The maximum absolute atomic E-state index is 12.2. The fourth-order valence-corrected chi connectivity index (χ4v) is 2.68. The van der Waals surface area contributed by atoms with Crippen LogP contribution in [-0.4, -0.2) is 23.2 Å². The van der Waals surface area contributed by atoms with Gasteiger partial charge in [0.25, 0.3) is 0 Å². The van der Waals surface area contributed by atoms with E-state index in [1.165, 1.54) is 6.92 Å². The number of fused-ring (bicyclic) bond motifs is 1. The first-order chi connectivity index (χ1) is 12.0. The monoisotopic (exact) mass is 333 g/mol. The number of pyridine rings is 1. The Morgan fingerprint density at radius 1 is 1.12 bits per heavy atom. The van der Waals surface area contributed by atoms with Gasteiger partial charge in [0.05, 0.1) is 6.54 Å². The summed E-state index contributed by atoms with van der Waals surface area (Å²) in [7, 11) is 0. The van der Waals surface area contributed by atoms with Crippen molar-refractivity contribution in [1.29, 1.82) is 0 Å². The molecular formula is C20H19N3O2. The summed E-state index contributed by atoms with van der Waals surface area (Å²) in [5.41, 5.74) is 3.14. The van der Waals surface area contributed by atoms with Gasteiger partial charge in [-0.2, -0.15) is 0 Å². The van der Waals surface area contributed by atoms with Crippen molar-refractivity contribution in [2.75, 3.05) is 17.2 Å². The molecule has 25 heavy (non-hydrogen) atoms. The smallest absolute Gasteiger partial charge is 0.243 e. The number of hydrogen-bond acceptors (Lipinski definition) is 4. The Hall–Kier alpha value is -3.21. The van der Waals surface area contributed by atoms with Crippen molar-refractivity contribution in [1.82, 2.24) is 4.98 Å². The van der Waals surface area contributed by atoms with Crippen molar-refractivity contribution in [3.05, 3.63) is 66.0 Å².